The number of rotatable bonds is 5. The third-order valence-electron chi connectivity index (χ3n) is 3.64. The number of nitrogens with zero attached hydrogens (tertiary/aromatic N) is 2. The maximum atomic E-state index is 12.6. The van der Waals surface area contributed by atoms with Crippen molar-refractivity contribution in [3.8, 4) is 0 Å². The van der Waals surface area contributed by atoms with Gasteiger partial charge < -0.3 is 10.6 Å². The maximum Gasteiger partial charge on any atom is 0.253 e. The molecular formula is C18H18N4O2S. The average Bonchev–Trinajstić information content (AvgIpc) is 3.15. The first kappa shape index (κ1) is 17.2. The molecule has 0 saturated heterocycles. The number of amides is 2. The molecule has 1 aliphatic rings. The number of thioether (sulfide) groups is 1. The van der Waals surface area contributed by atoms with Crippen LogP contribution in [0.3, 0.4) is 0 Å². The number of carbonyl (C=O) groups excluding carboxylic acids is 2. The van der Waals surface area contributed by atoms with E-state index < -0.39 is 6.04 Å². The average molecular weight is 354 g/mol. The summed E-state index contributed by atoms with van der Waals surface area (Å²) in [5, 5.41) is 6.21. The first-order valence-electron chi connectivity index (χ1n) is 7.95. The lowest BCUT2D eigenvalue weighted by Crippen LogP contribution is -2.49. The molecule has 0 fully saturated rings. The quantitative estimate of drug-likeness (QED) is 0.855. The zero-order chi connectivity index (χ0) is 17.5. The second-order valence-corrected chi connectivity index (χ2v) is 6.57. The molecule has 2 amide bonds. The molecule has 0 aliphatic carbocycles. The number of hydrogen-bond donors (Lipinski definition) is 2. The van der Waals surface area contributed by atoms with Gasteiger partial charge in [0.1, 0.15) is 6.04 Å². The highest BCUT2D eigenvalue weighted by molar-refractivity contribution is 8.14. The van der Waals surface area contributed by atoms with Gasteiger partial charge in [-0.1, -0.05) is 42.1 Å². The smallest absolute Gasteiger partial charge is 0.253 e. The number of aromatic nitrogens is 1. The van der Waals surface area contributed by atoms with Crippen molar-refractivity contribution in [2.45, 2.75) is 12.5 Å². The highest BCUT2D eigenvalue weighted by atomic mass is 32.2. The normalized spacial score (nSPS) is 14.5. The summed E-state index contributed by atoms with van der Waals surface area (Å²) in [7, 11) is 0. The van der Waals surface area contributed by atoms with E-state index in [1.807, 2.05) is 30.3 Å². The van der Waals surface area contributed by atoms with Crippen LogP contribution in [0.15, 0.2) is 59.9 Å². The summed E-state index contributed by atoms with van der Waals surface area (Å²) >= 11 is 1.51. The van der Waals surface area contributed by atoms with Gasteiger partial charge in [-0.05, 0) is 17.7 Å². The fourth-order valence-electron chi connectivity index (χ4n) is 2.40. The van der Waals surface area contributed by atoms with E-state index in [-0.39, 0.29) is 11.8 Å². The third kappa shape index (κ3) is 4.90. The van der Waals surface area contributed by atoms with Crippen LogP contribution in [0.5, 0.6) is 0 Å². The fourth-order valence-corrected chi connectivity index (χ4v) is 3.13. The van der Waals surface area contributed by atoms with Gasteiger partial charge in [-0.15, -0.1) is 0 Å². The highest BCUT2D eigenvalue weighted by Crippen LogP contribution is 2.10. The molecule has 128 valence electrons. The van der Waals surface area contributed by atoms with Crippen molar-refractivity contribution in [3.05, 3.63) is 66.0 Å². The van der Waals surface area contributed by atoms with Gasteiger partial charge in [0.15, 0.2) is 5.17 Å². The van der Waals surface area contributed by atoms with Crippen LogP contribution >= 0.6 is 11.8 Å². The van der Waals surface area contributed by atoms with E-state index in [0.717, 1.165) is 11.3 Å². The minimum Gasteiger partial charge on any atom is -0.340 e. The number of aliphatic imine (C=N–C) groups is 1. The molecule has 6 nitrogen and oxygen atoms in total. The Kier molecular flexibility index (Phi) is 5.79. The van der Waals surface area contributed by atoms with Crippen LogP contribution in [-0.2, 0) is 11.2 Å². The van der Waals surface area contributed by atoms with E-state index in [1.54, 1.807) is 18.3 Å². The van der Waals surface area contributed by atoms with E-state index in [9.17, 15) is 9.59 Å². The van der Waals surface area contributed by atoms with E-state index in [1.165, 1.54) is 18.0 Å². The summed E-state index contributed by atoms with van der Waals surface area (Å²) in [5.41, 5.74) is 1.39. The van der Waals surface area contributed by atoms with Crippen LogP contribution < -0.4 is 10.6 Å². The first-order valence-corrected chi connectivity index (χ1v) is 8.94. The molecule has 25 heavy (non-hydrogen) atoms. The number of benzene rings is 1. The Labute approximate surface area is 150 Å². The molecule has 1 atom stereocenters. The van der Waals surface area contributed by atoms with Gasteiger partial charge in [0.25, 0.3) is 5.91 Å². The van der Waals surface area contributed by atoms with Crippen molar-refractivity contribution >= 4 is 28.7 Å². The highest BCUT2D eigenvalue weighted by Gasteiger charge is 2.24. The van der Waals surface area contributed by atoms with E-state index in [2.05, 4.69) is 20.6 Å². The van der Waals surface area contributed by atoms with Crippen LogP contribution in [-0.4, -0.2) is 40.3 Å². The zero-order valence-electron chi connectivity index (χ0n) is 13.5. The lowest BCUT2D eigenvalue weighted by molar-refractivity contribution is -0.121. The molecule has 3 rings (SSSR count). The van der Waals surface area contributed by atoms with Gasteiger partial charge in [0.2, 0.25) is 5.91 Å². The van der Waals surface area contributed by atoms with Crippen molar-refractivity contribution in [2.24, 2.45) is 4.99 Å². The summed E-state index contributed by atoms with van der Waals surface area (Å²) in [4.78, 5) is 33.2. The van der Waals surface area contributed by atoms with Gasteiger partial charge in [-0.3, -0.25) is 19.6 Å². The molecule has 1 aromatic carbocycles. The van der Waals surface area contributed by atoms with Crippen molar-refractivity contribution in [2.75, 3.05) is 12.3 Å². The summed E-state index contributed by atoms with van der Waals surface area (Å²) in [6, 6.07) is 12.2. The summed E-state index contributed by atoms with van der Waals surface area (Å²) < 4.78 is 0. The Balaban J connectivity index is 1.73. The van der Waals surface area contributed by atoms with E-state index in [4.69, 9.17) is 0 Å². The van der Waals surface area contributed by atoms with Gasteiger partial charge in [-0.25, -0.2) is 0 Å². The molecule has 0 bridgehead atoms. The second kappa shape index (κ2) is 8.43. The van der Waals surface area contributed by atoms with Gasteiger partial charge in [0.05, 0.1) is 12.1 Å². The summed E-state index contributed by atoms with van der Waals surface area (Å²) in [5.74, 6) is 0.264. The predicted molar refractivity (Wildman–Crippen MR) is 98.5 cm³/mol. The lowest BCUT2D eigenvalue weighted by Gasteiger charge is -2.18. The van der Waals surface area contributed by atoms with Crippen LogP contribution in [0.25, 0.3) is 0 Å². The van der Waals surface area contributed by atoms with Crippen LogP contribution in [0.1, 0.15) is 15.9 Å². The van der Waals surface area contributed by atoms with Crippen molar-refractivity contribution < 1.29 is 9.59 Å². The maximum absolute atomic E-state index is 12.6. The lowest BCUT2D eigenvalue weighted by atomic mass is 10.0. The molecule has 2 N–H and O–H groups in total. The SMILES string of the molecule is O=C(NC(Cc1ccccc1)C(=O)NC1=NCCS1)c1cccnc1. The molecule has 7 heteroatoms. The Morgan fingerprint density at radius 2 is 2.00 bits per heavy atom. The number of amidine groups is 1. The number of nitrogens with one attached hydrogen (secondary N) is 2. The third-order valence-corrected chi connectivity index (χ3v) is 4.54. The standard InChI is InChI=1S/C18H18N4O2S/c23-16(14-7-4-8-19-12-14)21-15(11-13-5-2-1-3-6-13)17(24)22-18-20-9-10-25-18/h1-8,12,15H,9-11H2,(H,21,23)(H,20,22,24). The van der Waals surface area contributed by atoms with Crippen molar-refractivity contribution in [1.82, 2.24) is 15.6 Å². The van der Waals surface area contributed by atoms with Gasteiger partial charge >= 0.3 is 0 Å². The molecule has 0 radical (unpaired) electrons. The molecule has 1 aliphatic heterocycles. The Hall–Kier alpha value is -2.67. The fraction of sp³-hybridized carbons (Fsp3) is 0.222. The second-order valence-electron chi connectivity index (χ2n) is 5.48. The Bertz CT molecular complexity index is 765. The number of pyridine rings is 1. The Morgan fingerprint density at radius 1 is 1.16 bits per heavy atom. The van der Waals surface area contributed by atoms with Crippen LogP contribution in [0.2, 0.25) is 0 Å². The molecule has 1 aromatic heterocycles. The van der Waals surface area contributed by atoms with Gasteiger partial charge in [0, 0.05) is 24.6 Å². The summed E-state index contributed by atoms with van der Waals surface area (Å²) in [6.45, 7) is 0.700. The van der Waals surface area contributed by atoms with E-state index in [0.29, 0.717) is 23.7 Å². The molecule has 0 spiro atoms. The first-order chi connectivity index (χ1) is 12.2. The number of carbonyl (C=O) groups is 2. The van der Waals surface area contributed by atoms with E-state index >= 15 is 0 Å². The monoisotopic (exact) mass is 354 g/mol. The largest absolute Gasteiger partial charge is 0.340 e. The van der Waals surface area contributed by atoms with Crippen molar-refractivity contribution in [1.29, 1.82) is 0 Å². The van der Waals surface area contributed by atoms with Crippen molar-refractivity contribution in [3.63, 3.8) is 0 Å². The van der Waals surface area contributed by atoms with Gasteiger partial charge in [-0.2, -0.15) is 0 Å². The minimum absolute atomic E-state index is 0.269. The minimum atomic E-state index is -0.695. The molecule has 0 saturated carbocycles. The zero-order valence-corrected chi connectivity index (χ0v) is 14.3. The molecular weight excluding hydrogens is 336 g/mol. The molecule has 2 aromatic rings. The van der Waals surface area contributed by atoms with Crippen LogP contribution in [0, 0.1) is 0 Å². The molecule has 1 unspecified atom stereocenters. The summed E-state index contributed by atoms with van der Waals surface area (Å²) in [6.07, 6.45) is 3.47. The Morgan fingerprint density at radius 3 is 2.68 bits per heavy atom. The number of hydrogen-bond acceptors (Lipinski definition) is 5. The predicted octanol–water partition coefficient (Wildman–Crippen LogP) is 1.64. The van der Waals surface area contributed by atoms with Crippen LogP contribution in [0.4, 0.5) is 0 Å². The topological polar surface area (TPSA) is 83.5 Å². The molecule has 2 heterocycles.